The van der Waals surface area contributed by atoms with E-state index in [1.165, 1.54) is 296 Å². The first kappa shape index (κ1) is 79.1. The maximum atomic E-state index is 2.64. The summed E-state index contributed by atoms with van der Waals surface area (Å²) in [5, 5.41) is 7.96. The van der Waals surface area contributed by atoms with Crippen LogP contribution in [0.25, 0.3) is 38.9 Å². The SMILES string of the molecule is Cc1ccccc1-[n+]1c(C2CCCC2)sc(-c2ccccc2)c1C.Cc1ccccc1-[n+]1c(C2CCCC2)sc(C)c1C.Cc1ccccc1-[n+]1c(C2CCCC2)sc(C)c1C.Cc1ccccc1-[n+]1c(C2CCCC2)sc(C2CCCC2)c1C.Cc1ccccc1-[n+]1c(C2CCCC2)sc(C2CCCCC2)c1C. The molecule has 7 saturated carbocycles. The summed E-state index contributed by atoms with van der Waals surface area (Å²) in [6.45, 7) is 27.2. The summed E-state index contributed by atoms with van der Waals surface area (Å²) in [7, 11) is 0. The number of benzene rings is 6. The summed E-state index contributed by atoms with van der Waals surface area (Å²) in [4.78, 5) is 7.73. The van der Waals surface area contributed by atoms with Crippen LogP contribution in [0.4, 0.5) is 0 Å². The van der Waals surface area contributed by atoms with Gasteiger partial charge in [-0.3, -0.25) is 0 Å². The summed E-state index contributed by atoms with van der Waals surface area (Å²) < 4.78 is 12.8. The van der Waals surface area contributed by atoms with Gasteiger partial charge >= 0.3 is 0 Å². The number of aromatic nitrogens is 5. The molecule has 10 heteroatoms. The molecule has 0 bridgehead atoms. The van der Waals surface area contributed by atoms with Gasteiger partial charge in [-0.1, -0.05) is 274 Å². The highest BCUT2D eigenvalue weighted by molar-refractivity contribution is 7.15. The van der Waals surface area contributed by atoms with E-state index < -0.39 is 0 Å². The second kappa shape index (κ2) is 37.0. The van der Waals surface area contributed by atoms with Crippen LogP contribution in [-0.4, -0.2) is 0 Å². The minimum absolute atomic E-state index is 0.714. The van der Waals surface area contributed by atoms with Gasteiger partial charge in [0, 0.05) is 92.8 Å². The Bertz CT molecular complexity index is 4710. The van der Waals surface area contributed by atoms with E-state index >= 15 is 0 Å². The third kappa shape index (κ3) is 17.7. The van der Waals surface area contributed by atoms with Crippen LogP contribution < -0.4 is 22.8 Å². The van der Waals surface area contributed by atoms with E-state index in [1.54, 1.807) is 29.8 Å². The molecule has 7 fully saturated rings. The van der Waals surface area contributed by atoms with Crippen LogP contribution >= 0.6 is 56.7 Å². The van der Waals surface area contributed by atoms with Crippen molar-refractivity contribution in [2.75, 3.05) is 0 Å². The van der Waals surface area contributed by atoms with Crippen molar-refractivity contribution in [2.45, 2.75) is 311 Å². The van der Waals surface area contributed by atoms with Crippen molar-refractivity contribution < 1.29 is 22.8 Å². The summed E-state index contributed by atoms with van der Waals surface area (Å²) >= 11 is 10.3. The molecule has 109 heavy (non-hydrogen) atoms. The molecule has 0 unspecified atom stereocenters. The highest BCUT2D eigenvalue weighted by Crippen LogP contribution is 2.47. The molecule has 0 saturated heterocycles. The van der Waals surface area contributed by atoms with Gasteiger partial charge in [-0.15, -0.1) is 0 Å². The Balaban J connectivity index is 0.000000114. The zero-order chi connectivity index (χ0) is 75.7. The van der Waals surface area contributed by atoms with Crippen molar-refractivity contribution >= 4 is 56.7 Å². The third-order valence-electron chi connectivity index (χ3n) is 26.0. The average Bonchev–Trinajstić information content (AvgIpc) is 1.68. The molecular weight excluding hydrogens is 1420 g/mol. The van der Waals surface area contributed by atoms with Crippen LogP contribution in [0.15, 0.2) is 152 Å². The highest BCUT2D eigenvalue weighted by Gasteiger charge is 2.41. The molecule has 11 aromatic rings. The van der Waals surface area contributed by atoms with Crippen LogP contribution in [0.3, 0.4) is 0 Å². The molecular formula is C99H126N5S5+5. The van der Waals surface area contributed by atoms with Crippen molar-refractivity contribution in [1.29, 1.82) is 0 Å². The Morgan fingerprint density at radius 2 is 0.431 bits per heavy atom. The fourth-order valence-electron chi connectivity index (χ4n) is 19.6. The monoisotopic (exact) mass is 1540 g/mol. The fourth-order valence-corrected chi connectivity index (χ4v) is 26.8. The minimum Gasteiger partial charge on any atom is -0.151 e. The van der Waals surface area contributed by atoms with E-state index in [9.17, 15) is 0 Å². The Morgan fingerprint density at radius 3 is 0.716 bits per heavy atom. The number of nitrogens with zero attached hydrogens (tertiary/aromatic N) is 5. The molecule has 0 aliphatic heterocycles. The molecule has 18 rings (SSSR count). The molecule has 0 spiro atoms. The van der Waals surface area contributed by atoms with Gasteiger partial charge in [0.15, 0.2) is 22.8 Å². The first-order chi connectivity index (χ1) is 53.1. The number of thiazole rings is 5. The first-order valence-corrected chi connectivity index (χ1v) is 46.8. The molecule has 572 valence electrons. The number of rotatable bonds is 13. The van der Waals surface area contributed by atoms with Gasteiger partial charge in [0.25, 0.3) is 0 Å². The lowest BCUT2D eigenvalue weighted by molar-refractivity contribution is -0.607. The largest absolute Gasteiger partial charge is 0.247 e. The third-order valence-corrected chi connectivity index (χ3v) is 33.3. The molecule has 7 aliphatic rings. The molecule has 6 aromatic carbocycles. The summed E-state index contributed by atoms with van der Waals surface area (Å²) in [5.41, 5.74) is 22.4. The second-order valence-corrected chi connectivity index (χ2v) is 39.1. The molecule has 0 N–H and O–H groups in total. The zero-order valence-corrected chi connectivity index (χ0v) is 72.3. The van der Waals surface area contributed by atoms with Crippen molar-refractivity contribution in [3.8, 4) is 38.9 Å². The molecule has 0 atom stereocenters. The van der Waals surface area contributed by atoms with Gasteiger partial charge < -0.3 is 0 Å². The lowest BCUT2D eigenvalue weighted by Gasteiger charge is -2.19. The van der Waals surface area contributed by atoms with Crippen LogP contribution in [0, 0.1) is 83.1 Å². The lowest BCUT2D eigenvalue weighted by Crippen LogP contribution is -2.38. The van der Waals surface area contributed by atoms with Crippen molar-refractivity contribution in [2.24, 2.45) is 0 Å². The Morgan fingerprint density at radius 1 is 0.211 bits per heavy atom. The van der Waals surface area contributed by atoms with E-state index in [4.69, 9.17) is 0 Å². The van der Waals surface area contributed by atoms with Gasteiger partial charge in [0.2, 0.25) is 59.2 Å². The molecule has 5 aromatic heterocycles. The number of para-hydroxylation sites is 5. The highest BCUT2D eigenvalue weighted by atomic mass is 32.1. The summed E-state index contributed by atoms with van der Waals surface area (Å²) in [6.07, 6.45) is 40.4. The van der Waals surface area contributed by atoms with E-state index in [-0.39, 0.29) is 0 Å². The van der Waals surface area contributed by atoms with Crippen LogP contribution in [0.5, 0.6) is 0 Å². The maximum absolute atomic E-state index is 2.64. The van der Waals surface area contributed by atoms with Gasteiger partial charge in [0.1, 0.15) is 4.88 Å². The second-order valence-electron chi connectivity index (χ2n) is 33.5. The van der Waals surface area contributed by atoms with Gasteiger partial charge in [0.05, 0.1) is 49.1 Å². The topological polar surface area (TPSA) is 19.4 Å². The minimum atomic E-state index is 0.714. The maximum Gasteiger partial charge on any atom is 0.247 e. The van der Waals surface area contributed by atoms with E-state index in [0.717, 1.165) is 35.5 Å². The van der Waals surface area contributed by atoms with Crippen molar-refractivity contribution in [1.82, 2.24) is 0 Å². The summed E-state index contributed by atoms with van der Waals surface area (Å²) in [6, 6.07) is 55.0. The van der Waals surface area contributed by atoms with E-state index in [0.29, 0.717) is 5.92 Å². The van der Waals surface area contributed by atoms with Crippen LogP contribution in [0.2, 0.25) is 0 Å². The van der Waals surface area contributed by atoms with Gasteiger partial charge in [-0.25, -0.2) is 0 Å². The molecule has 0 radical (unpaired) electrons. The van der Waals surface area contributed by atoms with E-state index in [1.807, 2.05) is 34.0 Å². The predicted molar refractivity (Wildman–Crippen MR) is 465 cm³/mol. The smallest absolute Gasteiger partial charge is 0.151 e. The zero-order valence-electron chi connectivity index (χ0n) is 68.3. The summed E-state index contributed by atoms with van der Waals surface area (Å²) in [5.74, 6) is 5.47. The number of hydrogen-bond donors (Lipinski definition) is 0. The Labute approximate surface area is 676 Å². The Kier molecular flexibility index (Phi) is 26.8. The lowest BCUT2D eigenvalue weighted by atomic mass is 9.87. The Hall–Kier alpha value is -6.53. The number of aryl methyl sites for hydroxylation is 7. The van der Waals surface area contributed by atoms with Crippen LogP contribution in [-0.2, 0) is 0 Å². The van der Waals surface area contributed by atoms with Gasteiger partial charge in [-0.05, 0) is 156 Å². The quantitative estimate of drug-likeness (QED) is 0.103. The molecule has 5 heterocycles. The normalized spacial score (nSPS) is 17.5. The molecule has 0 amide bonds. The van der Waals surface area contributed by atoms with Crippen molar-refractivity contribution in [3.63, 3.8) is 0 Å². The standard InChI is InChI=1S/C22H30NS.C22H24NS.C21H28NS.2C17H22NS/c2*1-16-10-6-9-15-20(16)23-17(2)21(18-11-4-3-5-12-18)24-22(23)19-13-7-8-14-19;1-15-9-3-8-14-19(15)22-16(2)20(17-10-4-5-11-17)23-21(22)18-12-6-7-13-18;2*1-12-8-4-7-11-16(12)18-13(2)14(3)19-17(18)15-9-5-6-10-15/h6,9-10,15,18-19H,3-5,7-8,11-14H2,1-2H3;3-6,9-12,15,19H,7-8,13-14H2,1-2H3;3,8-9,14,17-18H,4-7,10-13H2,1-2H3;2*4,7-8,11,15H,5-6,9-10H2,1-3H3/q5*+1. The fraction of sp³-hybridized carbons (Fsp3) is 0.485. The average molecular weight is 1550 g/mol. The first-order valence-electron chi connectivity index (χ1n) is 42.7. The molecule has 7 aliphatic carbocycles. The predicted octanol–water partition coefficient (Wildman–Crippen LogP) is 27.5. The van der Waals surface area contributed by atoms with Crippen LogP contribution in [0.1, 0.15) is 328 Å². The molecule has 5 nitrogen and oxygen atoms in total. The van der Waals surface area contributed by atoms with E-state index in [2.05, 4.69) is 280 Å². The van der Waals surface area contributed by atoms with Crippen molar-refractivity contribution in [3.05, 3.63) is 252 Å². The van der Waals surface area contributed by atoms with Gasteiger partial charge in [-0.2, -0.15) is 22.8 Å². The number of hydrogen-bond acceptors (Lipinski definition) is 5.